The molecule has 0 fully saturated rings. The molecule has 191 valence electrons. The van der Waals surface area contributed by atoms with Crippen LogP contribution in [0.15, 0.2) is 73.3 Å². The summed E-state index contributed by atoms with van der Waals surface area (Å²) in [6, 6.07) is 14.9. The topological polar surface area (TPSA) is 157 Å². The van der Waals surface area contributed by atoms with E-state index in [-0.39, 0.29) is 17.1 Å². The van der Waals surface area contributed by atoms with Crippen molar-refractivity contribution in [2.45, 2.75) is 0 Å². The van der Waals surface area contributed by atoms with Crippen molar-refractivity contribution in [3.63, 3.8) is 0 Å². The van der Waals surface area contributed by atoms with Crippen LogP contribution >= 0.6 is 0 Å². The summed E-state index contributed by atoms with van der Waals surface area (Å²) < 4.78 is 0. The van der Waals surface area contributed by atoms with E-state index in [1.165, 1.54) is 0 Å². The fourth-order valence-electron chi connectivity index (χ4n) is 4.96. The van der Waals surface area contributed by atoms with Crippen molar-refractivity contribution < 1.29 is 17.1 Å². The van der Waals surface area contributed by atoms with E-state index in [9.17, 15) is 0 Å². The maximum absolute atomic E-state index is 4.82. The maximum atomic E-state index is 4.82. The zero-order chi connectivity index (χ0) is 26.2. The monoisotopic (exact) mass is 571 g/mol. The Morgan fingerprint density at radius 2 is 0.829 bits per heavy atom. The quantitative estimate of drug-likeness (QED) is 0.244. The van der Waals surface area contributed by atoms with Gasteiger partial charge in [-0.1, -0.05) is 12.1 Å². The summed E-state index contributed by atoms with van der Waals surface area (Å²) in [5, 5.41) is 1.46. The van der Waals surface area contributed by atoms with Gasteiger partial charge in [0, 0.05) is 69.3 Å². The van der Waals surface area contributed by atoms with Gasteiger partial charge in [0.15, 0.2) is 0 Å². The van der Waals surface area contributed by atoms with Crippen LogP contribution in [0, 0.1) is 0 Å². The molecular formula is C28H12MnN12. The molecule has 0 spiro atoms. The van der Waals surface area contributed by atoms with E-state index in [0.717, 1.165) is 21.9 Å². The van der Waals surface area contributed by atoms with Gasteiger partial charge < -0.3 is 29.9 Å². The summed E-state index contributed by atoms with van der Waals surface area (Å²) in [6.07, 6.45) is 6.78. The fraction of sp³-hybridized carbons (Fsp3) is 0. The first-order chi connectivity index (χ1) is 19.8. The van der Waals surface area contributed by atoms with Crippen molar-refractivity contribution in [1.82, 2.24) is 59.8 Å². The number of nitrogens with zero attached hydrogens (tertiary/aromatic N) is 12. The van der Waals surface area contributed by atoms with Crippen LogP contribution in [0.4, 0.5) is 0 Å². The number of rotatable bonds is 0. The third-order valence-electron chi connectivity index (χ3n) is 6.74. The van der Waals surface area contributed by atoms with E-state index in [2.05, 4.69) is 19.9 Å². The van der Waals surface area contributed by atoms with Crippen LogP contribution in [-0.4, -0.2) is 49.8 Å². The number of fused-ring (bicyclic) bond motifs is 20. The maximum Gasteiger partial charge on any atom is 2.00 e. The van der Waals surface area contributed by atoms with Gasteiger partial charge in [-0.05, 0) is 36.4 Å². The summed E-state index contributed by atoms with van der Waals surface area (Å²) >= 11 is 0. The molecule has 0 aromatic carbocycles. The van der Waals surface area contributed by atoms with E-state index < -0.39 is 0 Å². The van der Waals surface area contributed by atoms with Crippen LogP contribution in [0.5, 0.6) is 0 Å². The number of pyridine rings is 4. The van der Waals surface area contributed by atoms with Crippen molar-refractivity contribution in [1.29, 1.82) is 0 Å². The molecule has 2 aliphatic heterocycles. The van der Waals surface area contributed by atoms with E-state index in [4.69, 9.17) is 39.9 Å². The van der Waals surface area contributed by atoms with E-state index in [0.29, 0.717) is 68.3 Å². The smallest absolute Gasteiger partial charge is 0.356 e. The summed E-state index contributed by atoms with van der Waals surface area (Å²) in [7, 11) is 0. The molecule has 2 aliphatic rings. The second-order valence-electron chi connectivity index (χ2n) is 9.08. The summed E-state index contributed by atoms with van der Waals surface area (Å²) in [6.45, 7) is 0. The molecule has 0 aliphatic carbocycles. The molecule has 41 heavy (non-hydrogen) atoms. The predicted molar refractivity (Wildman–Crippen MR) is 145 cm³/mol. The average molecular weight is 571 g/mol. The normalized spacial score (nSPS) is 11.7. The Morgan fingerprint density at radius 3 is 1.32 bits per heavy atom. The molecule has 0 saturated carbocycles. The number of hydrogen-bond acceptors (Lipinski definition) is 10. The Balaban J connectivity index is 0.00000256. The molecule has 9 heterocycles. The molecule has 7 aromatic rings. The van der Waals surface area contributed by atoms with E-state index in [1.54, 1.807) is 24.8 Å². The first kappa shape index (κ1) is 23.4. The largest absolute Gasteiger partial charge is 2.00 e. The van der Waals surface area contributed by atoms with Crippen molar-refractivity contribution in [2.75, 3.05) is 0 Å². The van der Waals surface area contributed by atoms with Gasteiger partial charge in [-0.3, -0.25) is 19.9 Å². The van der Waals surface area contributed by atoms with Gasteiger partial charge in [-0.2, -0.15) is 0 Å². The molecule has 1 radical (unpaired) electrons. The first-order valence-corrected chi connectivity index (χ1v) is 12.3. The van der Waals surface area contributed by atoms with Crippen LogP contribution in [0.3, 0.4) is 0 Å². The van der Waals surface area contributed by atoms with E-state index in [1.807, 2.05) is 48.5 Å². The molecule has 0 N–H and O–H groups in total. The summed E-state index contributed by atoms with van der Waals surface area (Å²) in [4.78, 5) is 56.5. The van der Waals surface area contributed by atoms with Crippen molar-refractivity contribution in [3.05, 3.63) is 73.3 Å². The minimum absolute atomic E-state index is 0. The Hall–Kier alpha value is -5.52. The third kappa shape index (κ3) is 3.46. The van der Waals surface area contributed by atoms with Crippen molar-refractivity contribution in [2.24, 2.45) is 0 Å². The first-order valence-electron chi connectivity index (χ1n) is 12.3. The molecule has 7 aromatic heterocycles. The SMILES string of the molecule is [Mn+2].c1cnc2c(c1)-c1nc-2nc2[n-]c(nc3nc(nc4[n-]c(n1)c1ncccc41)-c1ncccc1-3)c1ncccc21. The molecule has 12 nitrogen and oxygen atoms in total. The zero-order valence-corrected chi connectivity index (χ0v) is 21.9. The Morgan fingerprint density at radius 1 is 0.415 bits per heavy atom. The second-order valence-corrected chi connectivity index (χ2v) is 9.08. The van der Waals surface area contributed by atoms with Crippen molar-refractivity contribution >= 4 is 44.4 Å². The third-order valence-corrected chi connectivity index (χ3v) is 6.74. The molecular weight excluding hydrogens is 559 g/mol. The molecule has 0 amide bonds. The molecule has 0 unspecified atom stereocenters. The van der Waals surface area contributed by atoms with Gasteiger partial charge in [0.05, 0.1) is 22.7 Å². The molecule has 0 saturated heterocycles. The number of aromatic nitrogens is 12. The minimum atomic E-state index is 0. The Labute approximate surface area is 240 Å². The van der Waals surface area contributed by atoms with Crippen LogP contribution in [0.1, 0.15) is 0 Å². The fourth-order valence-corrected chi connectivity index (χ4v) is 4.96. The summed E-state index contributed by atoms with van der Waals surface area (Å²) in [5.41, 5.74) is 5.44. The molecule has 8 bridgehead atoms. The van der Waals surface area contributed by atoms with Gasteiger partial charge in [0.25, 0.3) is 0 Å². The summed E-state index contributed by atoms with van der Waals surface area (Å²) in [5.74, 6) is 1.61. The van der Waals surface area contributed by atoms with Crippen LogP contribution in [-0.2, 0) is 17.1 Å². The average Bonchev–Trinajstić information content (AvgIpc) is 3.73. The number of hydrogen-bond donors (Lipinski definition) is 0. The Bertz CT molecular complexity index is 2040. The zero-order valence-electron chi connectivity index (χ0n) is 20.7. The standard InChI is InChI=1S/C28H12N12.Mn/c1-5-13-17(29-9-1)25-33-21(13)37-26-18-14(6-2-10-30-18)23(34-26)39-28-20-16(8-4-12-32-20)24(36-28)40-27-19-15(7-3-11-31-19)22(35-27)38-25;/h1-12H;/q-2;+2. The second kappa shape index (κ2) is 8.74. The van der Waals surface area contributed by atoms with Crippen molar-refractivity contribution in [3.8, 4) is 45.8 Å². The van der Waals surface area contributed by atoms with Gasteiger partial charge >= 0.3 is 17.1 Å². The van der Waals surface area contributed by atoms with Gasteiger partial charge in [-0.25, -0.2) is 9.97 Å². The van der Waals surface area contributed by atoms with Crippen LogP contribution in [0.25, 0.3) is 90.2 Å². The predicted octanol–water partition coefficient (Wildman–Crippen LogP) is 3.70. The van der Waals surface area contributed by atoms with Gasteiger partial charge in [0.2, 0.25) is 0 Å². The van der Waals surface area contributed by atoms with Gasteiger partial charge in [-0.15, -0.1) is 0 Å². The Kier molecular flexibility index (Phi) is 4.99. The minimum Gasteiger partial charge on any atom is -0.356 e. The molecule has 0 atom stereocenters. The van der Waals surface area contributed by atoms with E-state index >= 15 is 0 Å². The molecule has 13 heteroatoms. The van der Waals surface area contributed by atoms with Gasteiger partial charge in [0.1, 0.15) is 23.0 Å². The molecule has 9 rings (SSSR count). The van der Waals surface area contributed by atoms with Crippen LogP contribution < -0.4 is 9.97 Å². The van der Waals surface area contributed by atoms with Crippen LogP contribution in [0.2, 0.25) is 0 Å².